The van der Waals surface area contributed by atoms with Crippen molar-refractivity contribution in [2.75, 3.05) is 6.26 Å². The van der Waals surface area contributed by atoms with Crippen LogP contribution in [0.3, 0.4) is 0 Å². The van der Waals surface area contributed by atoms with Crippen LogP contribution in [0.15, 0.2) is 17.0 Å². The monoisotopic (exact) mass is 216 g/mol. The van der Waals surface area contributed by atoms with Crippen LogP contribution in [0.25, 0.3) is 0 Å². The summed E-state index contributed by atoms with van der Waals surface area (Å²) in [4.78, 5) is 0.420. The van der Waals surface area contributed by atoms with E-state index in [2.05, 4.69) is 9.24 Å². The second-order valence-corrected chi connectivity index (χ2v) is 5.85. The summed E-state index contributed by atoms with van der Waals surface area (Å²) in [7, 11) is -0.549. The van der Waals surface area contributed by atoms with Crippen molar-refractivity contribution in [3.05, 3.63) is 23.3 Å². The first-order valence-corrected chi connectivity index (χ1v) is 6.36. The van der Waals surface area contributed by atoms with Crippen molar-refractivity contribution in [2.24, 2.45) is 0 Å². The predicted octanol–water partition coefficient (Wildman–Crippen LogP) is 1.21. The Bertz CT molecular complexity index is 435. The van der Waals surface area contributed by atoms with Crippen LogP contribution in [0.5, 0.6) is 0 Å². The summed E-state index contributed by atoms with van der Waals surface area (Å²) >= 11 is 0. The van der Waals surface area contributed by atoms with Gasteiger partial charge in [0.25, 0.3) is 0 Å². The van der Waals surface area contributed by atoms with Gasteiger partial charge in [-0.15, -0.1) is 9.24 Å². The first-order chi connectivity index (χ1) is 5.82. The van der Waals surface area contributed by atoms with E-state index in [1.165, 1.54) is 6.26 Å². The molecule has 0 aromatic heterocycles. The molecular weight excluding hydrogens is 203 g/mol. The highest BCUT2D eigenvalue weighted by Crippen LogP contribution is 2.16. The van der Waals surface area contributed by atoms with Gasteiger partial charge in [0.05, 0.1) is 4.90 Å². The molecule has 0 N–H and O–H groups in total. The van der Waals surface area contributed by atoms with Gasteiger partial charge < -0.3 is 0 Å². The van der Waals surface area contributed by atoms with Crippen molar-refractivity contribution in [3.63, 3.8) is 0 Å². The highest BCUT2D eigenvalue weighted by molar-refractivity contribution is 7.90. The molecule has 1 unspecified atom stereocenters. The first-order valence-electron chi connectivity index (χ1n) is 3.89. The average Bonchev–Trinajstić information content (AvgIpc) is 1.94. The molecule has 0 spiro atoms. The lowest BCUT2D eigenvalue weighted by Gasteiger charge is -2.07. The van der Waals surface area contributed by atoms with E-state index in [-0.39, 0.29) is 0 Å². The molecule has 0 aliphatic heterocycles. The summed E-state index contributed by atoms with van der Waals surface area (Å²) < 4.78 is 22.6. The molecule has 1 aromatic carbocycles. The third-order valence-electron chi connectivity index (χ3n) is 1.96. The summed E-state index contributed by atoms with van der Waals surface area (Å²) in [5, 5.41) is 0.936. The van der Waals surface area contributed by atoms with E-state index >= 15 is 0 Å². The Morgan fingerprint density at radius 3 is 2.15 bits per heavy atom. The third kappa shape index (κ3) is 2.29. The van der Waals surface area contributed by atoms with Gasteiger partial charge >= 0.3 is 0 Å². The zero-order chi connectivity index (χ0) is 10.2. The van der Waals surface area contributed by atoms with Gasteiger partial charge in [-0.2, -0.15) is 0 Å². The molecule has 1 rings (SSSR count). The molecule has 0 amide bonds. The van der Waals surface area contributed by atoms with Crippen LogP contribution < -0.4 is 5.30 Å². The topological polar surface area (TPSA) is 34.1 Å². The van der Waals surface area contributed by atoms with Gasteiger partial charge in [-0.05, 0) is 36.3 Å². The van der Waals surface area contributed by atoms with Crippen molar-refractivity contribution in [2.45, 2.75) is 18.7 Å². The maximum atomic E-state index is 11.3. The van der Waals surface area contributed by atoms with Crippen molar-refractivity contribution in [3.8, 4) is 0 Å². The fourth-order valence-corrected chi connectivity index (χ4v) is 2.60. The Morgan fingerprint density at radius 1 is 1.15 bits per heavy atom. The number of hydrogen-bond acceptors (Lipinski definition) is 2. The molecule has 0 bridgehead atoms. The molecule has 0 aliphatic rings. The van der Waals surface area contributed by atoms with Crippen LogP contribution in [0, 0.1) is 13.8 Å². The number of benzene rings is 1. The van der Waals surface area contributed by atoms with E-state index < -0.39 is 9.84 Å². The largest absolute Gasteiger partial charge is 0.224 e. The van der Waals surface area contributed by atoms with E-state index in [9.17, 15) is 8.42 Å². The first kappa shape index (κ1) is 10.7. The molecule has 0 aliphatic carbocycles. The van der Waals surface area contributed by atoms with Crippen LogP contribution in [0.1, 0.15) is 11.1 Å². The Kier molecular flexibility index (Phi) is 2.79. The molecule has 0 saturated heterocycles. The standard InChI is InChI=1S/C9H13O2PS/c1-6-4-7(2)9(5-8(6)12)13(3,10)11/h4-5H,12H2,1-3H3. The summed E-state index contributed by atoms with van der Waals surface area (Å²) in [6.45, 7) is 3.77. The van der Waals surface area contributed by atoms with Gasteiger partial charge in [0.2, 0.25) is 0 Å². The molecule has 0 radical (unpaired) electrons. The number of aryl methyl sites for hydroxylation is 2. The minimum Gasteiger partial charge on any atom is -0.224 e. The molecule has 1 atom stereocenters. The molecule has 0 fully saturated rings. The lowest BCUT2D eigenvalue weighted by atomic mass is 10.2. The highest BCUT2D eigenvalue weighted by atomic mass is 32.2. The summed E-state index contributed by atoms with van der Waals surface area (Å²) in [5.41, 5.74) is 1.90. The van der Waals surface area contributed by atoms with E-state index in [1.807, 2.05) is 19.9 Å². The number of sulfone groups is 1. The lowest BCUT2D eigenvalue weighted by Crippen LogP contribution is -2.06. The van der Waals surface area contributed by atoms with Crippen molar-refractivity contribution in [1.29, 1.82) is 0 Å². The molecule has 2 nitrogen and oxygen atoms in total. The van der Waals surface area contributed by atoms with Crippen molar-refractivity contribution in [1.82, 2.24) is 0 Å². The zero-order valence-electron chi connectivity index (χ0n) is 7.96. The fourth-order valence-electron chi connectivity index (χ4n) is 1.25. The maximum Gasteiger partial charge on any atom is 0.175 e. The predicted molar refractivity (Wildman–Crippen MR) is 58.4 cm³/mol. The second-order valence-electron chi connectivity index (χ2n) is 3.25. The van der Waals surface area contributed by atoms with E-state index in [0.717, 1.165) is 16.4 Å². The Morgan fingerprint density at radius 2 is 1.69 bits per heavy atom. The minimum absolute atomic E-state index is 0.420. The van der Waals surface area contributed by atoms with Crippen molar-refractivity contribution < 1.29 is 8.42 Å². The Balaban J connectivity index is 3.50. The van der Waals surface area contributed by atoms with Gasteiger partial charge in [0.15, 0.2) is 9.84 Å². The molecular formula is C9H13O2PS. The van der Waals surface area contributed by atoms with Crippen LogP contribution in [0.2, 0.25) is 0 Å². The van der Waals surface area contributed by atoms with E-state index in [1.54, 1.807) is 6.07 Å². The van der Waals surface area contributed by atoms with E-state index in [0.29, 0.717) is 4.90 Å². The SMILES string of the molecule is Cc1cc(C)c(S(C)(=O)=O)cc1P. The van der Waals surface area contributed by atoms with Crippen LogP contribution in [-0.2, 0) is 9.84 Å². The number of rotatable bonds is 1. The van der Waals surface area contributed by atoms with E-state index in [4.69, 9.17) is 0 Å². The van der Waals surface area contributed by atoms with Gasteiger partial charge in [-0.3, -0.25) is 0 Å². The summed E-state index contributed by atoms with van der Waals surface area (Å²) in [5.74, 6) is 0. The molecule has 0 heterocycles. The smallest absolute Gasteiger partial charge is 0.175 e. The van der Waals surface area contributed by atoms with Gasteiger partial charge in [-0.1, -0.05) is 6.07 Å². The summed E-state index contributed by atoms with van der Waals surface area (Å²) in [6.07, 6.45) is 1.23. The van der Waals surface area contributed by atoms with Crippen LogP contribution >= 0.6 is 9.24 Å². The molecule has 72 valence electrons. The Labute approximate surface area is 81.5 Å². The highest BCUT2D eigenvalue weighted by Gasteiger charge is 2.11. The lowest BCUT2D eigenvalue weighted by molar-refractivity contribution is 0.601. The maximum absolute atomic E-state index is 11.3. The molecule has 13 heavy (non-hydrogen) atoms. The summed E-state index contributed by atoms with van der Waals surface area (Å²) in [6, 6.07) is 3.59. The molecule has 4 heteroatoms. The minimum atomic E-state index is -3.09. The fraction of sp³-hybridized carbons (Fsp3) is 0.333. The quantitative estimate of drug-likeness (QED) is 0.661. The molecule has 1 aromatic rings. The van der Waals surface area contributed by atoms with Crippen LogP contribution in [-0.4, -0.2) is 14.7 Å². The van der Waals surface area contributed by atoms with Gasteiger partial charge in [0, 0.05) is 6.26 Å². The number of hydrogen-bond donors (Lipinski definition) is 0. The normalized spacial score (nSPS) is 11.7. The van der Waals surface area contributed by atoms with Crippen LogP contribution in [0.4, 0.5) is 0 Å². The van der Waals surface area contributed by atoms with Gasteiger partial charge in [0.1, 0.15) is 0 Å². The average molecular weight is 216 g/mol. The Hall–Kier alpha value is -0.400. The third-order valence-corrected chi connectivity index (χ3v) is 3.82. The van der Waals surface area contributed by atoms with Gasteiger partial charge in [-0.25, -0.2) is 8.42 Å². The second kappa shape index (κ2) is 3.39. The zero-order valence-corrected chi connectivity index (χ0v) is 9.93. The van der Waals surface area contributed by atoms with Crippen molar-refractivity contribution >= 4 is 24.4 Å². The molecule has 0 saturated carbocycles.